The summed E-state index contributed by atoms with van der Waals surface area (Å²) in [7, 11) is 1.92. The normalized spacial score (nSPS) is 10.8. The van der Waals surface area contributed by atoms with Crippen molar-refractivity contribution in [1.82, 2.24) is 19.7 Å². The molecular weight excluding hydrogens is 152 g/mol. The van der Waals surface area contributed by atoms with Gasteiger partial charge in [0.1, 0.15) is 0 Å². The van der Waals surface area contributed by atoms with Gasteiger partial charge >= 0.3 is 0 Å². The Morgan fingerprint density at radius 2 is 2.42 bits per heavy atom. The van der Waals surface area contributed by atoms with Crippen molar-refractivity contribution in [2.75, 3.05) is 7.05 Å². The molecule has 2 rings (SSSR count). The summed E-state index contributed by atoms with van der Waals surface area (Å²) >= 11 is 0. The lowest BCUT2D eigenvalue weighted by atomic mass is 10.5. The second-order valence-electron chi connectivity index (χ2n) is 2.58. The molecule has 0 atom stereocenters. The van der Waals surface area contributed by atoms with E-state index in [0.29, 0.717) is 0 Å². The smallest absolute Gasteiger partial charge is 0.155 e. The van der Waals surface area contributed by atoms with Gasteiger partial charge in [-0.1, -0.05) is 0 Å². The number of nitrogens with zero attached hydrogens (tertiary/aromatic N) is 3. The standard InChI is InChI=1S/C8H10N4/c1-9-4-7-5-11-8-6-10-2-3-12(7)8/h2-3,5-6,9H,4H2,1H3. The number of imidazole rings is 1. The fourth-order valence-corrected chi connectivity index (χ4v) is 1.21. The molecule has 12 heavy (non-hydrogen) atoms. The highest BCUT2D eigenvalue weighted by Gasteiger charge is 1.99. The molecule has 4 nitrogen and oxygen atoms in total. The lowest BCUT2D eigenvalue weighted by Crippen LogP contribution is -2.07. The van der Waals surface area contributed by atoms with E-state index in [1.807, 2.05) is 23.8 Å². The Balaban J connectivity index is 2.55. The van der Waals surface area contributed by atoms with Crippen molar-refractivity contribution in [2.45, 2.75) is 6.54 Å². The summed E-state index contributed by atoms with van der Waals surface area (Å²) in [6.07, 6.45) is 7.27. The van der Waals surface area contributed by atoms with E-state index in [1.54, 1.807) is 12.4 Å². The van der Waals surface area contributed by atoms with Gasteiger partial charge in [-0.05, 0) is 7.05 Å². The Hall–Kier alpha value is -1.42. The van der Waals surface area contributed by atoms with Crippen molar-refractivity contribution in [3.05, 3.63) is 30.5 Å². The van der Waals surface area contributed by atoms with Crippen LogP contribution in [0.5, 0.6) is 0 Å². The number of fused-ring (bicyclic) bond motifs is 1. The zero-order valence-electron chi connectivity index (χ0n) is 6.86. The predicted octanol–water partition coefficient (Wildman–Crippen LogP) is 0.449. The highest BCUT2D eigenvalue weighted by molar-refractivity contribution is 5.36. The molecule has 0 unspecified atom stereocenters. The Kier molecular flexibility index (Phi) is 1.75. The molecule has 2 heterocycles. The number of rotatable bonds is 2. The van der Waals surface area contributed by atoms with E-state index < -0.39 is 0 Å². The van der Waals surface area contributed by atoms with Crippen molar-refractivity contribution in [3.63, 3.8) is 0 Å². The van der Waals surface area contributed by atoms with Crippen LogP contribution in [0.3, 0.4) is 0 Å². The minimum absolute atomic E-state index is 0.825. The van der Waals surface area contributed by atoms with Crippen LogP contribution in [0.4, 0.5) is 0 Å². The summed E-state index contributed by atoms with van der Waals surface area (Å²) in [5.41, 5.74) is 2.04. The monoisotopic (exact) mass is 162 g/mol. The van der Waals surface area contributed by atoms with E-state index in [1.165, 1.54) is 0 Å². The maximum absolute atomic E-state index is 4.20. The second-order valence-corrected chi connectivity index (χ2v) is 2.58. The van der Waals surface area contributed by atoms with Crippen molar-refractivity contribution in [1.29, 1.82) is 0 Å². The lowest BCUT2D eigenvalue weighted by Gasteiger charge is -1.98. The van der Waals surface area contributed by atoms with Gasteiger partial charge in [0, 0.05) is 18.9 Å². The van der Waals surface area contributed by atoms with Crippen LogP contribution in [0.2, 0.25) is 0 Å². The van der Waals surface area contributed by atoms with Crippen molar-refractivity contribution >= 4 is 5.65 Å². The molecule has 0 bridgehead atoms. The number of hydrogen-bond acceptors (Lipinski definition) is 3. The van der Waals surface area contributed by atoms with Crippen molar-refractivity contribution < 1.29 is 0 Å². The summed E-state index contributed by atoms with van der Waals surface area (Å²) in [6.45, 7) is 0.825. The van der Waals surface area contributed by atoms with E-state index >= 15 is 0 Å². The summed E-state index contributed by atoms with van der Waals surface area (Å²) in [6, 6.07) is 0. The van der Waals surface area contributed by atoms with E-state index in [2.05, 4.69) is 15.3 Å². The molecule has 0 saturated heterocycles. The molecule has 62 valence electrons. The van der Waals surface area contributed by atoms with Crippen LogP contribution in [0.25, 0.3) is 5.65 Å². The van der Waals surface area contributed by atoms with Gasteiger partial charge in [-0.25, -0.2) is 4.98 Å². The zero-order valence-corrected chi connectivity index (χ0v) is 6.86. The molecule has 0 fully saturated rings. The molecule has 0 amide bonds. The first kappa shape index (κ1) is 7.24. The Bertz CT molecular complexity index is 379. The molecule has 0 saturated carbocycles. The van der Waals surface area contributed by atoms with Crippen LogP contribution >= 0.6 is 0 Å². The maximum atomic E-state index is 4.20. The largest absolute Gasteiger partial charge is 0.314 e. The second kappa shape index (κ2) is 2.91. The van der Waals surface area contributed by atoms with Gasteiger partial charge in [-0.2, -0.15) is 0 Å². The third kappa shape index (κ3) is 1.06. The summed E-state index contributed by atoms with van der Waals surface area (Å²) < 4.78 is 2.02. The third-order valence-electron chi connectivity index (χ3n) is 1.75. The Labute approximate surface area is 70.3 Å². The molecule has 1 N–H and O–H groups in total. The van der Waals surface area contributed by atoms with Crippen LogP contribution in [0.1, 0.15) is 5.69 Å². The Morgan fingerprint density at radius 3 is 3.25 bits per heavy atom. The molecular formula is C8H10N4. The van der Waals surface area contributed by atoms with Crippen LogP contribution in [-0.2, 0) is 6.54 Å². The van der Waals surface area contributed by atoms with E-state index in [9.17, 15) is 0 Å². The van der Waals surface area contributed by atoms with Crippen molar-refractivity contribution in [3.8, 4) is 0 Å². The van der Waals surface area contributed by atoms with E-state index in [4.69, 9.17) is 0 Å². The highest BCUT2D eigenvalue weighted by atomic mass is 15.0. The van der Waals surface area contributed by atoms with Crippen LogP contribution in [0.15, 0.2) is 24.8 Å². The van der Waals surface area contributed by atoms with Gasteiger partial charge in [0.05, 0.1) is 18.1 Å². The molecule has 2 aromatic heterocycles. The van der Waals surface area contributed by atoms with Gasteiger partial charge in [0.25, 0.3) is 0 Å². The molecule has 0 aliphatic carbocycles. The van der Waals surface area contributed by atoms with Crippen LogP contribution in [-0.4, -0.2) is 21.4 Å². The van der Waals surface area contributed by atoms with Crippen molar-refractivity contribution in [2.24, 2.45) is 0 Å². The molecule has 4 heteroatoms. The summed E-state index contributed by atoms with van der Waals surface area (Å²) in [5, 5.41) is 3.08. The lowest BCUT2D eigenvalue weighted by molar-refractivity contribution is 0.781. The fraction of sp³-hybridized carbons (Fsp3) is 0.250. The quantitative estimate of drug-likeness (QED) is 0.697. The average molecular weight is 162 g/mol. The minimum atomic E-state index is 0.825. The highest BCUT2D eigenvalue weighted by Crippen LogP contribution is 2.03. The van der Waals surface area contributed by atoms with Crippen LogP contribution in [0, 0.1) is 0 Å². The predicted molar refractivity (Wildman–Crippen MR) is 45.8 cm³/mol. The number of aromatic nitrogens is 3. The van der Waals surface area contributed by atoms with Gasteiger partial charge in [0.2, 0.25) is 0 Å². The molecule has 0 aliphatic rings. The van der Waals surface area contributed by atoms with Crippen LogP contribution < -0.4 is 5.32 Å². The first-order valence-electron chi connectivity index (χ1n) is 3.82. The summed E-state index contributed by atoms with van der Waals surface area (Å²) in [5.74, 6) is 0. The molecule has 2 aromatic rings. The SMILES string of the molecule is CNCc1cnc2cnccn12. The minimum Gasteiger partial charge on any atom is -0.314 e. The molecule has 0 aliphatic heterocycles. The summed E-state index contributed by atoms with van der Waals surface area (Å²) in [4.78, 5) is 8.18. The van der Waals surface area contributed by atoms with Gasteiger partial charge in [-0.3, -0.25) is 9.38 Å². The molecule has 0 radical (unpaired) electrons. The van der Waals surface area contributed by atoms with Gasteiger partial charge in [0.15, 0.2) is 5.65 Å². The first-order valence-corrected chi connectivity index (χ1v) is 3.82. The van der Waals surface area contributed by atoms with E-state index in [0.717, 1.165) is 17.9 Å². The fourth-order valence-electron chi connectivity index (χ4n) is 1.21. The molecule has 0 aromatic carbocycles. The molecule has 0 spiro atoms. The topological polar surface area (TPSA) is 42.2 Å². The Morgan fingerprint density at radius 1 is 1.50 bits per heavy atom. The zero-order chi connectivity index (χ0) is 8.39. The van der Waals surface area contributed by atoms with Gasteiger partial charge in [-0.15, -0.1) is 0 Å². The third-order valence-corrected chi connectivity index (χ3v) is 1.75. The maximum Gasteiger partial charge on any atom is 0.155 e. The first-order chi connectivity index (χ1) is 5.92. The van der Waals surface area contributed by atoms with Gasteiger partial charge < -0.3 is 5.32 Å². The number of hydrogen-bond donors (Lipinski definition) is 1. The van der Waals surface area contributed by atoms with E-state index in [-0.39, 0.29) is 0 Å². The number of nitrogens with one attached hydrogen (secondary N) is 1. The average Bonchev–Trinajstić information content (AvgIpc) is 2.50.